The van der Waals surface area contributed by atoms with E-state index < -0.39 is 113 Å². The summed E-state index contributed by atoms with van der Waals surface area (Å²) in [4.78, 5) is 83.5. The van der Waals surface area contributed by atoms with Crippen LogP contribution >= 0.6 is 0 Å². The molecule has 3 fully saturated rings. The maximum atomic E-state index is 15.5. The molecule has 17 heteroatoms. The fourth-order valence-corrected chi connectivity index (χ4v) is 10.2. The summed E-state index contributed by atoms with van der Waals surface area (Å²) in [5.74, 6) is -6.84. The van der Waals surface area contributed by atoms with Gasteiger partial charge in [-0.05, 0) is 54.8 Å². The van der Waals surface area contributed by atoms with Crippen LogP contribution in [0.25, 0.3) is 0 Å². The first-order valence-corrected chi connectivity index (χ1v) is 20.5. The van der Waals surface area contributed by atoms with Gasteiger partial charge in [-0.3, -0.25) is 19.2 Å². The van der Waals surface area contributed by atoms with Gasteiger partial charge < -0.3 is 55.3 Å². The van der Waals surface area contributed by atoms with Gasteiger partial charge in [0.25, 0.3) is 5.91 Å². The van der Waals surface area contributed by atoms with E-state index in [0.717, 1.165) is 13.8 Å². The number of hydrogen-bond donors (Lipinski definition) is 4. The van der Waals surface area contributed by atoms with Crippen molar-refractivity contribution in [2.75, 3.05) is 6.61 Å². The molecule has 3 aromatic rings. The Morgan fingerprint density at radius 3 is 1.91 bits per heavy atom. The van der Waals surface area contributed by atoms with E-state index in [1.165, 1.54) is 26.0 Å². The van der Waals surface area contributed by atoms with Gasteiger partial charge in [-0.15, -0.1) is 0 Å². The van der Waals surface area contributed by atoms with Crippen LogP contribution in [0.2, 0.25) is 0 Å². The first kappa shape index (κ1) is 49.2. The van der Waals surface area contributed by atoms with Crippen LogP contribution < -0.4 is 5.32 Å². The van der Waals surface area contributed by atoms with Crippen LogP contribution in [-0.4, -0.2) is 116 Å². The molecular formula is C47H55NO16. The fourth-order valence-electron chi connectivity index (χ4n) is 10.2. The smallest absolute Gasteiger partial charge is 0.338 e. The quantitative estimate of drug-likeness (QED) is 0.129. The van der Waals surface area contributed by atoms with Crippen molar-refractivity contribution in [1.82, 2.24) is 5.32 Å². The second kappa shape index (κ2) is 18.3. The number of rotatable bonds is 10. The zero-order valence-corrected chi connectivity index (χ0v) is 36.2. The lowest BCUT2D eigenvalue weighted by Gasteiger charge is -2.67. The molecule has 0 spiro atoms. The SMILES string of the molecule is CC(=O)O[C@H]1C(=O)[C@@]2(C)C([C@H](OC(=O)c3ccccc3)[C@]3(O)C[C@H](OC(=O)[C@H](O)[C@@H](NC(=O)c4ccccc4)c4ccccc4)C(C)=C1C3(C)C)[C@]1(OC(C)=O)CO[C@@H]1C[C@@H]2O.O.O. The zero-order chi connectivity index (χ0) is 44.9. The molecule has 1 heterocycles. The van der Waals surface area contributed by atoms with Gasteiger partial charge in [0.2, 0.25) is 0 Å². The van der Waals surface area contributed by atoms with Crippen LogP contribution in [0, 0.1) is 16.7 Å². The van der Waals surface area contributed by atoms with Crippen molar-refractivity contribution in [3.63, 3.8) is 0 Å². The summed E-state index contributed by atoms with van der Waals surface area (Å²) in [5, 5.41) is 40.2. The minimum Gasteiger partial charge on any atom is -0.456 e. The molecule has 3 aliphatic carbocycles. The van der Waals surface area contributed by atoms with Gasteiger partial charge in [0.05, 0.1) is 35.6 Å². The lowest BCUT2D eigenvalue weighted by atomic mass is 9.44. The molecule has 17 nitrogen and oxygen atoms in total. The van der Waals surface area contributed by atoms with Gasteiger partial charge in [0.1, 0.15) is 23.9 Å². The topological polar surface area (TPSA) is 284 Å². The van der Waals surface area contributed by atoms with E-state index in [4.69, 9.17) is 23.7 Å². The number of aliphatic hydroxyl groups excluding tert-OH is 2. The normalized spacial score (nSPS) is 30.9. The number of fused-ring (bicyclic) bond motifs is 5. The first-order valence-electron chi connectivity index (χ1n) is 20.5. The number of Topliss-reactive ketones (excluding diaryl/α,β-unsaturated/α-hetero) is 1. The summed E-state index contributed by atoms with van der Waals surface area (Å²) in [5.41, 5.74) is -7.02. The first-order chi connectivity index (χ1) is 29.3. The maximum Gasteiger partial charge on any atom is 0.338 e. The average molecular weight is 890 g/mol. The number of ketones is 1. The molecule has 1 unspecified atom stereocenters. The molecule has 344 valence electrons. The lowest BCUT2D eigenvalue weighted by molar-refractivity contribution is -0.346. The Morgan fingerprint density at radius 2 is 1.38 bits per heavy atom. The molecular weight excluding hydrogens is 835 g/mol. The molecule has 11 atom stereocenters. The third-order valence-electron chi connectivity index (χ3n) is 13.5. The molecule has 2 bridgehead atoms. The Balaban J connectivity index is 0.00000385. The Kier molecular flexibility index (Phi) is 14.1. The Hall–Kier alpha value is -5.82. The number of amides is 1. The van der Waals surface area contributed by atoms with Gasteiger partial charge in [-0.1, -0.05) is 80.6 Å². The summed E-state index contributed by atoms with van der Waals surface area (Å²) >= 11 is 0. The van der Waals surface area contributed by atoms with Gasteiger partial charge in [0.15, 0.2) is 23.6 Å². The second-order valence-corrected chi connectivity index (χ2v) is 17.4. The van der Waals surface area contributed by atoms with Crippen LogP contribution in [0.3, 0.4) is 0 Å². The van der Waals surface area contributed by atoms with Crippen molar-refractivity contribution in [2.45, 2.75) is 108 Å². The summed E-state index contributed by atoms with van der Waals surface area (Å²) in [7, 11) is 0. The molecule has 8 N–H and O–H groups in total. The van der Waals surface area contributed by atoms with Gasteiger partial charge in [-0.2, -0.15) is 0 Å². The number of hydrogen-bond acceptors (Lipinski definition) is 14. The number of nitrogens with one attached hydrogen (secondary N) is 1. The van der Waals surface area contributed by atoms with Crippen LogP contribution in [0.1, 0.15) is 86.7 Å². The number of carbonyl (C=O) groups excluding carboxylic acids is 6. The molecule has 1 amide bonds. The van der Waals surface area contributed by atoms with Crippen molar-refractivity contribution < 1.29 is 78.7 Å². The Morgan fingerprint density at radius 1 is 0.812 bits per heavy atom. The number of carbonyl (C=O) groups is 6. The van der Waals surface area contributed by atoms with Crippen LogP contribution in [0.5, 0.6) is 0 Å². The lowest BCUT2D eigenvalue weighted by Crippen LogP contribution is -2.82. The van der Waals surface area contributed by atoms with Crippen LogP contribution in [0.15, 0.2) is 102 Å². The average Bonchev–Trinajstić information content (AvgIpc) is 3.24. The van der Waals surface area contributed by atoms with Crippen molar-refractivity contribution >= 4 is 35.6 Å². The third kappa shape index (κ3) is 8.12. The largest absolute Gasteiger partial charge is 0.456 e. The van der Waals surface area contributed by atoms with Crippen molar-refractivity contribution in [3.8, 4) is 0 Å². The zero-order valence-electron chi connectivity index (χ0n) is 36.2. The van der Waals surface area contributed by atoms with E-state index in [9.17, 15) is 39.3 Å². The standard InChI is InChI=1S/C47H51NO14.2H2O/c1-25-31(60-43(56)36(52)35(28-16-10-7-11-17-28)48-41(54)29-18-12-8-13-19-29)23-47(57)40(61-42(55)30-20-14-9-15-21-30)38-45(6,32(51)22-33-46(38,24-58-33)62-27(3)50)39(53)37(59-26(2)49)34(25)44(47,4)5;;/h7-21,31-33,35-38,40,51-52,57H,22-24H2,1-6H3,(H,48,54);2*1H2/t31-,32-,33+,35-,36+,37+,38?,40-,45+,46-,47+;;/m0../s1. The summed E-state index contributed by atoms with van der Waals surface area (Å²) < 4.78 is 30.3. The molecule has 2 saturated carbocycles. The van der Waals surface area contributed by atoms with Crippen molar-refractivity contribution in [3.05, 3.63) is 119 Å². The number of ether oxygens (including phenoxy) is 5. The highest BCUT2D eigenvalue weighted by Crippen LogP contribution is 2.64. The molecule has 4 aliphatic rings. The molecule has 1 saturated heterocycles. The van der Waals surface area contributed by atoms with E-state index >= 15 is 4.79 Å². The fraction of sp³-hybridized carbons (Fsp3) is 0.447. The van der Waals surface area contributed by atoms with Crippen LogP contribution in [-0.2, 0) is 42.9 Å². The molecule has 3 aromatic carbocycles. The Bertz CT molecular complexity index is 2280. The number of benzene rings is 3. The molecule has 0 aromatic heterocycles. The van der Waals surface area contributed by atoms with E-state index in [2.05, 4.69) is 5.32 Å². The van der Waals surface area contributed by atoms with E-state index in [1.807, 2.05) is 0 Å². The van der Waals surface area contributed by atoms with Gasteiger partial charge in [0, 0.05) is 37.7 Å². The minimum atomic E-state index is -2.39. The number of aliphatic hydroxyl groups is 3. The molecule has 7 rings (SSSR count). The highest BCUT2D eigenvalue weighted by Gasteiger charge is 2.78. The van der Waals surface area contributed by atoms with Gasteiger partial charge >= 0.3 is 23.9 Å². The summed E-state index contributed by atoms with van der Waals surface area (Å²) in [6.45, 7) is 7.97. The van der Waals surface area contributed by atoms with Crippen molar-refractivity contribution in [1.29, 1.82) is 0 Å². The second-order valence-electron chi connectivity index (χ2n) is 17.4. The highest BCUT2D eigenvalue weighted by atomic mass is 16.6. The number of esters is 4. The van der Waals surface area contributed by atoms with E-state index in [1.54, 1.807) is 92.7 Å². The maximum absolute atomic E-state index is 15.5. The van der Waals surface area contributed by atoms with Crippen molar-refractivity contribution in [2.24, 2.45) is 16.7 Å². The van der Waals surface area contributed by atoms with Gasteiger partial charge in [-0.25, -0.2) is 9.59 Å². The summed E-state index contributed by atoms with van der Waals surface area (Å²) in [6.07, 6.45) is -10.5. The molecule has 0 radical (unpaired) electrons. The summed E-state index contributed by atoms with van der Waals surface area (Å²) in [6, 6.07) is 22.9. The molecule has 1 aliphatic heterocycles. The van der Waals surface area contributed by atoms with Crippen LogP contribution in [0.4, 0.5) is 0 Å². The van der Waals surface area contributed by atoms with E-state index in [0.29, 0.717) is 5.56 Å². The predicted octanol–water partition coefficient (Wildman–Crippen LogP) is 2.09. The molecule has 64 heavy (non-hydrogen) atoms. The Labute approximate surface area is 369 Å². The third-order valence-corrected chi connectivity index (χ3v) is 13.5. The van der Waals surface area contributed by atoms with E-state index in [-0.39, 0.29) is 46.3 Å². The predicted molar refractivity (Wildman–Crippen MR) is 225 cm³/mol. The monoisotopic (exact) mass is 889 g/mol. The minimum absolute atomic E-state index is 0. The highest BCUT2D eigenvalue weighted by molar-refractivity contribution is 5.96.